The highest BCUT2D eigenvalue weighted by Crippen LogP contribution is 2.22. The number of hydrogen-bond donors (Lipinski definition) is 0. The number of rotatable bonds is 5. The van der Waals surface area contributed by atoms with Crippen molar-refractivity contribution in [1.29, 1.82) is 0 Å². The fourth-order valence-electron chi connectivity index (χ4n) is 1.44. The van der Waals surface area contributed by atoms with Crippen LogP contribution >= 0.6 is 11.6 Å². The van der Waals surface area contributed by atoms with E-state index in [0.717, 1.165) is 30.4 Å². The Morgan fingerprint density at radius 2 is 2.20 bits per heavy atom. The number of nitro benzene ring substituents is 1. The summed E-state index contributed by atoms with van der Waals surface area (Å²) in [5, 5.41) is 10.8. The van der Waals surface area contributed by atoms with Crippen molar-refractivity contribution in [2.45, 2.75) is 32.1 Å². The van der Waals surface area contributed by atoms with Crippen LogP contribution in [0.2, 0.25) is 0 Å². The van der Waals surface area contributed by atoms with Crippen LogP contribution in [0, 0.1) is 10.1 Å². The number of alkyl halides is 1. The van der Waals surface area contributed by atoms with Gasteiger partial charge in [0.2, 0.25) is 0 Å². The minimum atomic E-state index is -0.332. The molecule has 0 aliphatic carbocycles. The Bertz CT molecular complexity index is 352. The minimum Gasteiger partial charge on any atom is -0.258 e. The van der Waals surface area contributed by atoms with Gasteiger partial charge in [0.15, 0.2) is 0 Å². The Kier molecular flexibility index (Phi) is 4.56. The molecule has 0 N–H and O–H groups in total. The molecular weight excluding hydrogens is 214 g/mol. The third-order valence-corrected chi connectivity index (χ3v) is 2.61. The van der Waals surface area contributed by atoms with E-state index in [9.17, 15) is 10.1 Å². The largest absolute Gasteiger partial charge is 0.272 e. The molecule has 0 aliphatic heterocycles. The van der Waals surface area contributed by atoms with Crippen LogP contribution in [-0.2, 0) is 12.3 Å². The van der Waals surface area contributed by atoms with Crippen LogP contribution in [0.5, 0.6) is 0 Å². The van der Waals surface area contributed by atoms with Gasteiger partial charge in [-0.25, -0.2) is 0 Å². The molecule has 0 atom stereocenters. The lowest BCUT2D eigenvalue weighted by Gasteiger charge is -2.03. The predicted octanol–water partition coefficient (Wildman–Crippen LogP) is 3.68. The molecule has 1 aromatic rings. The van der Waals surface area contributed by atoms with E-state index in [4.69, 9.17) is 11.6 Å². The Balaban J connectivity index is 2.98. The van der Waals surface area contributed by atoms with E-state index in [1.807, 2.05) is 12.1 Å². The number of halogens is 1. The van der Waals surface area contributed by atoms with Crippen LogP contribution in [0.1, 0.15) is 30.9 Å². The number of nitro groups is 1. The number of benzene rings is 1. The van der Waals surface area contributed by atoms with Gasteiger partial charge < -0.3 is 0 Å². The Morgan fingerprint density at radius 3 is 2.73 bits per heavy atom. The van der Waals surface area contributed by atoms with E-state index >= 15 is 0 Å². The molecule has 0 aromatic heterocycles. The smallest absolute Gasteiger partial charge is 0.258 e. The second-order valence-corrected chi connectivity index (χ2v) is 3.72. The van der Waals surface area contributed by atoms with Crippen LogP contribution in [-0.4, -0.2) is 4.92 Å². The summed E-state index contributed by atoms with van der Waals surface area (Å²) >= 11 is 5.64. The summed E-state index contributed by atoms with van der Waals surface area (Å²) in [5.74, 6) is 0.314. The second kappa shape index (κ2) is 5.71. The molecule has 0 unspecified atom stereocenters. The zero-order valence-electron chi connectivity index (χ0n) is 8.70. The summed E-state index contributed by atoms with van der Waals surface area (Å²) in [6.45, 7) is 2.07. The summed E-state index contributed by atoms with van der Waals surface area (Å²) < 4.78 is 0. The average molecular weight is 228 g/mol. The molecule has 0 saturated carbocycles. The predicted molar refractivity (Wildman–Crippen MR) is 61.3 cm³/mol. The lowest BCUT2D eigenvalue weighted by Crippen LogP contribution is -1.96. The molecule has 4 heteroatoms. The summed E-state index contributed by atoms with van der Waals surface area (Å²) in [4.78, 5) is 10.5. The number of aryl methyl sites for hydroxylation is 1. The summed E-state index contributed by atoms with van der Waals surface area (Å²) in [7, 11) is 0. The Labute approximate surface area is 94.2 Å². The molecule has 0 radical (unpaired) electrons. The van der Waals surface area contributed by atoms with Gasteiger partial charge in [-0.15, -0.1) is 11.6 Å². The fraction of sp³-hybridized carbons (Fsp3) is 0.455. The second-order valence-electron chi connectivity index (χ2n) is 3.46. The molecule has 82 valence electrons. The van der Waals surface area contributed by atoms with Crippen LogP contribution in [0.25, 0.3) is 0 Å². The first-order chi connectivity index (χ1) is 7.19. The molecule has 1 rings (SSSR count). The third kappa shape index (κ3) is 3.20. The Morgan fingerprint density at radius 1 is 1.47 bits per heavy atom. The average Bonchev–Trinajstić information content (AvgIpc) is 2.26. The van der Waals surface area contributed by atoms with E-state index in [1.165, 1.54) is 0 Å². The van der Waals surface area contributed by atoms with Gasteiger partial charge in [0, 0.05) is 17.5 Å². The molecule has 3 nitrogen and oxygen atoms in total. The van der Waals surface area contributed by atoms with Gasteiger partial charge in [0.1, 0.15) is 0 Å². The number of unbranched alkanes of at least 4 members (excludes halogenated alkanes) is 1. The van der Waals surface area contributed by atoms with E-state index in [2.05, 4.69) is 6.92 Å². The fourth-order valence-corrected chi connectivity index (χ4v) is 1.61. The van der Waals surface area contributed by atoms with E-state index in [-0.39, 0.29) is 10.6 Å². The lowest BCUT2D eigenvalue weighted by molar-refractivity contribution is -0.385. The summed E-state index contributed by atoms with van der Waals surface area (Å²) in [5.41, 5.74) is 1.79. The van der Waals surface area contributed by atoms with Gasteiger partial charge in [0.25, 0.3) is 5.69 Å². The van der Waals surface area contributed by atoms with Crippen molar-refractivity contribution in [3.05, 3.63) is 39.4 Å². The standard InChI is InChI=1S/C11H14ClNO2/c1-2-3-4-10-6-5-9(8-12)7-11(10)13(14)15/h5-7H,2-4,8H2,1H3. The van der Waals surface area contributed by atoms with Gasteiger partial charge in [-0.3, -0.25) is 10.1 Å². The van der Waals surface area contributed by atoms with E-state index in [1.54, 1.807) is 6.07 Å². The highest BCUT2D eigenvalue weighted by molar-refractivity contribution is 6.17. The first kappa shape index (κ1) is 12.0. The van der Waals surface area contributed by atoms with Crippen LogP contribution < -0.4 is 0 Å². The van der Waals surface area contributed by atoms with E-state index in [0.29, 0.717) is 5.88 Å². The monoisotopic (exact) mass is 227 g/mol. The first-order valence-electron chi connectivity index (χ1n) is 5.01. The van der Waals surface area contributed by atoms with E-state index < -0.39 is 0 Å². The number of nitrogens with zero attached hydrogens (tertiary/aromatic N) is 1. The molecule has 0 aliphatic rings. The maximum absolute atomic E-state index is 10.8. The summed E-state index contributed by atoms with van der Waals surface area (Å²) in [6, 6.07) is 5.23. The van der Waals surface area contributed by atoms with Gasteiger partial charge >= 0.3 is 0 Å². The molecule has 0 heterocycles. The molecule has 15 heavy (non-hydrogen) atoms. The van der Waals surface area contributed by atoms with Crippen LogP contribution in [0.15, 0.2) is 18.2 Å². The van der Waals surface area contributed by atoms with Crippen LogP contribution in [0.4, 0.5) is 5.69 Å². The normalized spacial score (nSPS) is 10.3. The van der Waals surface area contributed by atoms with Crippen LogP contribution in [0.3, 0.4) is 0 Å². The van der Waals surface area contributed by atoms with Gasteiger partial charge in [-0.2, -0.15) is 0 Å². The first-order valence-corrected chi connectivity index (χ1v) is 5.54. The van der Waals surface area contributed by atoms with Gasteiger partial charge in [-0.1, -0.05) is 25.5 Å². The molecule has 0 bridgehead atoms. The van der Waals surface area contributed by atoms with Crippen molar-refractivity contribution in [1.82, 2.24) is 0 Å². The van der Waals surface area contributed by atoms with Crippen molar-refractivity contribution in [2.24, 2.45) is 0 Å². The molecule has 0 fully saturated rings. The highest BCUT2D eigenvalue weighted by atomic mass is 35.5. The van der Waals surface area contributed by atoms with Gasteiger partial charge in [-0.05, 0) is 18.4 Å². The zero-order chi connectivity index (χ0) is 11.3. The minimum absolute atomic E-state index is 0.196. The number of hydrogen-bond acceptors (Lipinski definition) is 2. The maximum atomic E-state index is 10.8. The molecule has 0 amide bonds. The molecule has 0 spiro atoms. The molecule has 1 aromatic carbocycles. The molecular formula is C11H14ClNO2. The maximum Gasteiger partial charge on any atom is 0.272 e. The lowest BCUT2D eigenvalue weighted by atomic mass is 10.0. The van der Waals surface area contributed by atoms with Gasteiger partial charge in [0.05, 0.1) is 4.92 Å². The van der Waals surface area contributed by atoms with Crippen molar-refractivity contribution < 1.29 is 4.92 Å². The molecule has 0 saturated heterocycles. The third-order valence-electron chi connectivity index (χ3n) is 2.30. The zero-order valence-corrected chi connectivity index (χ0v) is 9.46. The SMILES string of the molecule is CCCCc1ccc(CCl)cc1[N+](=O)[O-]. The van der Waals surface area contributed by atoms with Crippen molar-refractivity contribution in [3.63, 3.8) is 0 Å². The quantitative estimate of drug-likeness (QED) is 0.438. The van der Waals surface area contributed by atoms with Crippen molar-refractivity contribution >= 4 is 17.3 Å². The highest BCUT2D eigenvalue weighted by Gasteiger charge is 2.13. The Hall–Kier alpha value is -1.09. The van der Waals surface area contributed by atoms with Crippen molar-refractivity contribution in [3.8, 4) is 0 Å². The summed E-state index contributed by atoms with van der Waals surface area (Å²) in [6.07, 6.45) is 2.77. The van der Waals surface area contributed by atoms with Crippen molar-refractivity contribution in [2.75, 3.05) is 0 Å². The topological polar surface area (TPSA) is 43.1 Å².